The van der Waals surface area contributed by atoms with Crippen LogP contribution in [0.25, 0.3) is 11.0 Å². The van der Waals surface area contributed by atoms with Gasteiger partial charge in [0.25, 0.3) is 0 Å². The Balaban J connectivity index is 1.25. The van der Waals surface area contributed by atoms with Crippen molar-refractivity contribution < 1.29 is 9.53 Å². The average Bonchev–Trinajstić information content (AvgIpc) is 3.21. The van der Waals surface area contributed by atoms with E-state index in [1.807, 2.05) is 60.7 Å². The molecule has 0 radical (unpaired) electrons. The lowest BCUT2D eigenvalue weighted by Crippen LogP contribution is -2.49. The highest BCUT2D eigenvalue weighted by Gasteiger charge is 2.43. The Morgan fingerprint density at radius 2 is 2.00 bits per heavy atom. The number of hydrogen-bond donors (Lipinski definition) is 0. The fourth-order valence-corrected chi connectivity index (χ4v) is 4.68. The molecule has 0 bridgehead atoms. The quantitative estimate of drug-likeness (QED) is 0.645. The summed E-state index contributed by atoms with van der Waals surface area (Å²) in [7, 11) is 3.89. The number of amides is 1. The maximum absolute atomic E-state index is 12.9. The predicted molar refractivity (Wildman–Crippen MR) is 118 cm³/mol. The fraction of sp³-hybridized carbons (Fsp3) is 0.478. The van der Waals surface area contributed by atoms with Crippen LogP contribution >= 0.6 is 0 Å². The van der Waals surface area contributed by atoms with E-state index in [2.05, 4.69) is 14.5 Å². The van der Waals surface area contributed by atoms with Gasteiger partial charge in [-0.2, -0.15) is 0 Å². The normalized spacial score (nSPS) is 17.7. The van der Waals surface area contributed by atoms with Crippen molar-refractivity contribution in [2.24, 2.45) is 0 Å². The minimum Gasteiger partial charge on any atom is -0.368 e. The zero-order valence-electron chi connectivity index (χ0n) is 18.1. The number of imidazole rings is 1. The van der Waals surface area contributed by atoms with Crippen LogP contribution in [0, 0.1) is 0 Å². The molecule has 31 heavy (non-hydrogen) atoms. The monoisotopic (exact) mass is 420 g/mol. The van der Waals surface area contributed by atoms with Crippen LogP contribution < -0.4 is 4.90 Å². The number of ether oxygens (including phenoxy) is 1. The molecule has 8 nitrogen and oxygen atoms in total. The molecule has 0 aliphatic carbocycles. The third-order valence-corrected chi connectivity index (χ3v) is 6.45. The van der Waals surface area contributed by atoms with Gasteiger partial charge >= 0.3 is 0 Å². The van der Waals surface area contributed by atoms with Crippen LogP contribution in [0.15, 0.2) is 36.8 Å². The Hall–Kier alpha value is -3.00. The van der Waals surface area contributed by atoms with Crippen molar-refractivity contribution in [1.82, 2.24) is 24.4 Å². The molecule has 5 rings (SSSR count). The Kier molecular flexibility index (Phi) is 5.09. The summed E-state index contributed by atoms with van der Waals surface area (Å²) in [6.45, 7) is 2.69. The molecule has 162 valence electrons. The molecule has 2 aliphatic rings. The van der Waals surface area contributed by atoms with Crippen LogP contribution in [0.1, 0.15) is 30.5 Å². The Labute approximate surface area is 181 Å². The highest BCUT2D eigenvalue weighted by molar-refractivity contribution is 5.77. The van der Waals surface area contributed by atoms with Gasteiger partial charge in [0.05, 0.1) is 29.7 Å². The van der Waals surface area contributed by atoms with E-state index < -0.39 is 5.60 Å². The van der Waals surface area contributed by atoms with E-state index in [1.165, 1.54) is 5.56 Å². The van der Waals surface area contributed by atoms with Gasteiger partial charge in [-0.25, -0.2) is 15.0 Å². The number of nitrogens with zero attached hydrogens (tertiary/aromatic N) is 6. The summed E-state index contributed by atoms with van der Waals surface area (Å²) in [4.78, 5) is 30.5. The molecule has 8 heteroatoms. The van der Waals surface area contributed by atoms with E-state index in [0.717, 1.165) is 36.0 Å². The van der Waals surface area contributed by atoms with Crippen LogP contribution in [0.4, 0.5) is 5.95 Å². The van der Waals surface area contributed by atoms with Gasteiger partial charge in [-0.1, -0.05) is 12.1 Å². The van der Waals surface area contributed by atoms with Crippen LogP contribution in [-0.2, 0) is 28.1 Å². The largest absolute Gasteiger partial charge is 0.368 e. The summed E-state index contributed by atoms with van der Waals surface area (Å²) >= 11 is 0. The van der Waals surface area contributed by atoms with Gasteiger partial charge in [0.1, 0.15) is 5.60 Å². The minimum absolute atomic E-state index is 0.181. The minimum atomic E-state index is -0.404. The summed E-state index contributed by atoms with van der Waals surface area (Å²) in [6, 6.07) is 8.01. The molecule has 0 atom stereocenters. The van der Waals surface area contributed by atoms with Crippen LogP contribution in [0.3, 0.4) is 0 Å². The van der Waals surface area contributed by atoms with Crippen LogP contribution in [0.5, 0.6) is 0 Å². The molecule has 1 aromatic carbocycles. The van der Waals surface area contributed by atoms with Crippen molar-refractivity contribution >= 4 is 22.9 Å². The van der Waals surface area contributed by atoms with Crippen molar-refractivity contribution in [2.45, 2.75) is 37.8 Å². The molecule has 4 heterocycles. The Bertz CT molecular complexity index is 1100. The summed E-state index contributed by atoms with van der Waals surface area (Å²) in [6.07, 6.45) is 6.60. The molecule has 0 N–H and O–H groups in total. The summed E-state index contributed by atoms with van der Waals surface area (Å²) < 4.78 is 8.36. The number of carbonyl (C=O) groups excluding carboxylic acids is 1. The number of anilines is 1. The second-order valence-electron chi connectivity index (χ2n) is 8.59. The van der Waals surface area contributed by atoms with Gasteiger partial charge in [0.2, 0.25) is 11.9 Å². The lowest BCUT2D eigenvalue weighted by molar-refractivity contribution is -0.141. The molecule has 1 fully saturated rings. The van der Waals surface area contributed by atoms with Gasteiger partial charge < -0.3 is 19.1 Å². The first-order valence-electron chi connectivity index (χ1n) is 10.9. The molecule has 2 aromatic heterocycles. The number of para-hydroxylation sites is 2. The van der Waals surface area contributed by atoms with E-state index in [-0.39, 0.29) is 5.91 Å². The zero-order chi connectivity index (χ0) is 21.4. The van der Waals surface area contributed by atoms with Crippen molar-refractivity contribution in [1.29, 1.82) is 0 Å². The first-order valence-corrected chi connectivity index (χ1v) is 10.9. The van der Waals surface area contributed by atoms with Crippen molar-refractivity contribution in [3.05, 3.63) is 48.0 Å². The first kappa shape index (κ1) is 19.9. The van der Waals surface area contributed by atoms with Crippen LogP contribution in [-0.4, -0.2) is 64.1 Å². The third kappa shape index (κ3) is 3.65. The second kappa shape index (κ2) is 7.92. The molecule has 1 amide bonds. The number of piperidine rings is 1. The van der Waals surface area contributed by atoms with E-state index in [0.29, 0.717) is 38.6 Å². The summed E-state index contributed by atoms with van der Waals surface area (Å²) in [5, 5.41) is 0. The van der Waals surface area contributed by atoms with Gasteiger partial charge in [-0.15, -0.1) is 0 Å². The number of aromatic nitrogens is 4. The number of benzene rings is 1. The average molecular weight is 421 g/mol. The van der Waals surface area contributed by atoms with E-state index >= 15 is 0 Å². The number of fused-ring (bicyclic) bond motifs is 3. The molecule has 2 aliphatic heterocycles. The lowest BCUT2D eigenvalue weighted by Gasteiger charge is -2.44. The number of rotatable bonds is 4. The topological polar surface area (TPSA) is 76.4 Å². The van der Waals surface area contributed by atoms with Gasteiger partial charge in [0, 0.05) is 46.3 Å². The molecular weight excluding hydrogens is 392 g/mol. The third-order valence-electron chi connectivity index (χ3n) is 6.45. The van der Waals surface area contributed by atoms with Crippen LogP contribution in [0.2, 0.25) is 0 Å². The van der Waals surface area contributed by atoms with Gasteiger partial charge in [-0.3, -0.25) is 4.79 Å². The smallest absolute Gasteiger partial charge is 0.225 e. The number of likely N-dealkylation sites (tertiary alicyclic amines) is 1. The first-order chi connectivity index (χ1) is 15.1. The molecule has 1 saturated heterocycles. The molecular formula is C23H28N6O2. The number of hydrogen-bond acceptors (Lipinski definition) is 6. The fourth-order valence-electron chi connectivity index (χ4n) is 4.68. The van der Waals surface area contributed by atoms with Crippen molar-refractivity contribution in [3.63, 3.8) is 0 Å². The Morgan fingerprint density at radius 3 is 2.81 bits per heavy atom. The van der Waals surface area contributed by atoms with Crippen molar-refractivity contribution in [3.8, 4) is 0 Å². The SMILES string of the molecule is CN(C)c1ncc2c(n1)C1(CCN(C(=O)CCn3cnc4ccccc43)CC1)OCC2. The number of carbonyl (C=O) groups is 1. The highest BCUT2D eigenvalue weighted by Crippen LogP contribution is 2.40. The molecule has 1 spiro atoms. The molecule has 0 saturated carbocycles. The summed E-state index contributed by atoms with van der Waals surface area (Å²) in [5.41, 5.74) is 3.80. The maximum atomic E-state index is 12.9. The van der Waals surface area contributed by atoms with Gasteiger partial charge in [0.15, 0.2) is 0 Å². The lowest BCUT2D eigenvalue weighted by atomic mass is 9.83. The maximum Gasteiger partial charge on any atom is 0.225 e. The van der Waals surface area contributed by atoms with E-state index in [4.69, 9.17) is 9.72 Å². The zero-order valence-corrected chi connectivity index (χ0v) is 18.1. The second-order valence-corrected chi connectivity index (χ2v) is 8.59. The summed E-state index contributed by atoms with van der Waals surface area (Å²) in [5.74, 6) is 0.884. The van der Waals surface area contributed by atoms with Gasteiger partial charge in [-0.05, 0) is 37.0 Å². The van der Waals surface area contributed by atoms with E-state index in [9.17, 15) is 4.79 Å². The predicted octanol–water partition coefficient (Wildman–Crippen LogP) is 2.37. The van der Waals surface area contributed by atoms with E-state index in [1.54, 1.807) is 0 Å². The Morgan fingerprint density at radius 1 is 1.19 bits per heavy atom. The molecule has 3 aromatic rings. The van der Waals surface area contributed by atoms with Crippen molar-refractivity contribution in [2.75, 3.05) is 38.7 Å². The molecule has 0 unspecified atom stereocenters. The number of aryl methyl sites for hydroxylation is 1. The highest BCUT2D eigenvalue weighted by atomic mass is 16.5. The standard InChI is InChI=1S/C23H28N6O2/c1-27(2)22-24-15-17-8-14-31-23(21(17)26-22)9-12-28(13-10-23)20(30)7-11-29-16-25-18-5-3-4-6-19(18)29/h3-6,15-16H,7-14H2,1-2H3.